The zero-order valence-corrected chi connectivity index (χ0v) is 9.21. The molecule has 14 heavy (non-hydrogen) atoms. The van der Waals surface area contributed by atoms with Crippen molar-refractivity contribution in [1.82, 2.24) is 9.80 Å². The van der Waals surface area contributed by atoms with Gasteiger partial charge in [0.1, 0.15) is 0 Å². The lowest BCUT2D eigenvalue weighted by atomic mass is 10.3. The molecule has 0 aromatic carbocycles. The van der Waals surface area contributed by atoms with Crippen molar-refractivity contribution in [3.63, 3.8) is 0 Å². The Labute approximate surface area is 87.3 Å². The minimum atomic E-state index is 0.580. The van der Waals surface area contributed by atoms with Gasteiger partial charge in [0.25, 0.3) is 0 Å². The van der Waals surface area contributed by atoms with Gasteiger partial charge in [0, 0.05) is 6.54 Å². The van der Waals surface area contributed by atoms with Crippen molar-refractivity contribution < 1.29 is 0 Å². The summed E-state index contributed by atoms with van der Waals surface area (Å²) in [5.41, 5.74) is 0. The van der Waals surface area contributed by atoms with Gasteiger partial charge in [-0.25, -0.2) is 0 Å². The summed E-state index contributed by atoms with van der Waals surface area (Å²) in [5.74, 6) is 0. The number of nitriles is 1. The zero-order valence-electron chi connectivity index (χ0n) is 9.21. The van der Waals surface area contributed by atoms with E-state index in [1.165, 1.54) is 38.9 Å². The Bertz CT molecular complexity index is 179. The van der Waals surface area contributed by atoms with Gasteiger partial charge in [-0.1, -0.05) is 6.92 Å². The molecule has 0 bridgehead atoms. The molecule has 0 spiro atoms. The Morgan fingerprint density at radius 2 is 2.07 bits per heavy atom. The van der Waals surface area contributed by atoms with E-state index in [4.69, 9.17) is 5.26 Å². The Kier molecular flexibility index (Phi) is 5.58. The molecule has 1 saturated heterocycles. The van der Waals surface area contributed by atoms with Crippen LogP contribution in [0.5, 0.6) is 0 Å². The van der Waals surface area contributed by atoms with Gasteiger partial charge in [-0.3, -0.25) is 4.90 Å². The van der Waals surface area contributed by atoms with Crippen LogP contribution >= 0.6 is 0 Å². The standard InChI is InChI=1S/C11H21N3/c1-2-13(11-6-12)9-5-10-14-7-3-4-8-14/h2-5,7-11H2,1H3. The van der Waals surface area contributed by atoms with E-state index in [1.54, 1.807) is 0 Å². The molecule has 0 atom stereocenters. The second-order valence-corrected chi connectivity index (χ2v) is 3.93. The number of likely N-dealkylation sites (tertiary alicyclic amines) is 1. The highest BCUT2D eigenvalue weighted by Gasteiger charge is 2.10. The molecular formula is C11H21N3. The summed E-state index contributed by atoms with van der Waals surface area (Å²) in [6, 6.07) is 2.21. The van der Waals surface area contributed by atoms with Crippen molar-refractivity contribution >= 4 is 0 Å². The number of hydrogen-bond acceptors (Lipinski definition) is 3. The van der Waals surface area contributed by atoms with E-state index in [0.29, 0.717) is 6.54 Å². The monoisotopic (exact) mass is 195 g/mol. The van der Waals surface area contributed by atoms with Crippen LogP contribution in [0.2, 0.25) is 0 Å². The maximum Gasteiger partial charge on any atom is 0.0865 e. The van der Waals surface area contributed by atoms with Gasteiger partial charge in [0.05, 0.1) is 12.6 Å². The first-order chi connectivity index (χ1) is 6.86. The predicted molar refractivity (Wildman–Crippen MR) is 58.0 cm³/mol. The summed E-state index contributed by atoms with van der Waals surface area (Å²) < 4.78 is 0. The number of rotatable bonds is 6. The van der Waals surface area contributed by atoms with Crippen LogP contribution in [-0.4, -0.2) is 49.1 Å². The average molecular weight is 195 g/mol. The number of hydrogen-bond donors (Lipinski definition) is 0. The molecule has 0 aliphatic carbocycles. The van der Waals surface area contributed by atoms with Crippen molar-refractivity contribution in [3.05, 3.63) is 0 Å². The average Bonchev–Trinajstić information content (AvgIpc) is 2.69. The van der Waals surface area contributed by atoms with Crippen LogP contribution in [0.4, 0.5) is 0 Å². The lowest BCUT2D eigenvalue weighted by Crippen LogP contribution is -2.29. The van der Waals surface area contributed by atoms with Crippen molar-refractivity contribution in [2.24, 2.45) is 0 Å². The maximum atomic E-state index is 8.58. The van der Waals surface area contributed by atoms with Gasteiger partial charge < -0.3 is 4.90 Å². The summed E-state index contributed by atoms with van der Waals surface area (Å²) in [6.07, 6.45) is 3.95. The van der Waals surface area contributed by atoms with Crippen LogP contribution in [0.3, 0.4) is 0 Å². The third-order valence-corrected chi connectivity index (χ3v) is 2.89. The summed E-state index contributed by atoms with van der Waals surface area (Å²) in [7, 11) is 0. The summed E-state index contributed by atoms with van der Waals surface area (Å²) in [6.45, 7) is 8.54. The first kappa shape index (κ1) is 11.5. The van der Waals surface area contributed by atoms with E-state index in [1.807, 2.05) is 0 Å². The fourth-order valence-electron chi connectivity index (χ4n) is 1.97. The first-order valence-corrected chi connectivity index (χ1v) is 5.68. The third kappa shape index (κ3) is 4.08. The molecule has 0 aromatic heterocycles. The van der Waals surface area contributed by atoms with E-state index in [0.717, 1.165) is 13.1 Å². The van der Waals surface area contributed by atoms with Crippen molar-refractivity contribution in [2.75, 3.05) is 39.3 Å². The Morgan fingerprint density at radius 3 is 2.64 bits per heavy atom. The molecule has 0 aromatic rings. The van der Waals surface area contributed by atoms with Crippen LogP contribution < -0.4 is 0 Å². The highest BCUT2D eigenvalue weighted by Crippen LogP contribution is 2.07. The van der Waals surface area contributed by atoms with Crippen LogP contribution in [0, 0.1) is 11.3 Å². The Balaban J connectivity index is 2.03. The molecule has 80 valence electrons. The molecule has 0 unspecified atom stereocenters. The van der Waals surface area contributed by atoms with Gasteiger partial charge in [0.2, 0.25) is 0 Å². The topological polar surface area (TPSA) is 30.3 Å². The summed E-state index contributed by atoms with van der Waals surface area (Å²) >= 11 is 0. The Hall–Kier alpha value is -0.590. The highest BCUT2D eigenvalue weighted by atomic mass is 15.2. The lowest BCUT2D eigenvalue weighted by Gasteiger charge is -2.19. The minimum absolute atomic E-state index is 0.580. The summed E-state index contributed by atoms with van der Waals surface area (Å²) in [5, 5.41) is 8.58. The maximum absolute atomic E-state index is 8.58. The molecule has 1 aliphatic rings. The molecule has 1 heterocycles. The summed E-state index contributed by atoms with van der Waals surface area (Å²) in [4.78, 5) is 4.73. The highest BCUT2D eigenvalue weighted by molar-refractivity contribution is 4.76. The predicted octanol–water partition coefficient (Wildman–Crippen LogP) is 1.32. The second kappa shape index (κ2) is 6.80. The molecule has 0 saturated carbocycles. The zero-order chi connectivity index (χ0) is 10.2. The van der Waals surface area contributed by atoms with E-state index >= 15 is 0 Å². The van der Waals surface area contributed by atoms with Gasteiger partial charge in [-0.05, 0) is 45.4 Å². The van der Waals surface area contributed by atoms with Crippen LogP contribution in [0.25, 0.3) is 0 Å². The van der Waals surface area contributed by atoms with Gasteiger partial charge in [-0.2, -0.15) is 5.26 Å². The lowest BCUT2D eigenvalue weighted by molar-refractivity contribution is 0.273. The van der Waals surface area contributed by atoms with Crippen LogP contribution in [0.15, 0.2) is 0 Å². The fraction of sp³-hybridized carbons (Fsp3) is 0.909. The second-order valence-electron chi connectivity index (χ2n) is 3.93. The molecule has 0 N–H and O–H groups in total. The van der Waals surface area contributed by atoms with Gasteiger partial charge >= 0.3 is 0 Å². The van der Waals surface area contributed by atoms with Gasteiger partial charge in [0.15, 0.2) is 0 Å². The first-order valence-electron chi connectivity index (χ1n) is 5.68. The van der Waals surface area contributed by atoms with Gasteiger partial charge in [-0.15, -0.1) is 0 Å². The SMILES string of the molecule is CCN(CC#N)CCCN1CCCC1. The van der Waals surface area contributed by atoms with Crippen molar-refractivity contribution in [2.45, 2.75) is 26.2 Å². The largest absolute Gasteiger partial charge is 0.303 e. The minimum Gasteiger partial charge on any atom is -0.303 e. The quantitative estimate of drug-likeness (QED) is 0.599. The molecule has 0 radical (unpaired) electrons. The van der Waals surface area contributed by atoms with Crippen molar-refractivity contribution in [1.29, 1.82) is 5.26 Å². The number of nitrogens with zero attached hydrogens (tertiary/aromatic N) is 3. The van der Waals surface area contributed by atoms with Crippen LogP contribution in [0.1, 0.15) is 26.2 Å². The normalized spacial score (nSPS) is 17.5. The van der Waals surface area contributed by atoms with E-state index in [2.05, 4.69) is 22.8 Å². The smallest absolute Gasteiger partial charge is 0.0865 e. The van der Waals surface area contributed by atoms with Crippen molar-refractivity contribution in [3.8, 4) is 6.07 Å². The molecule has 3 heteroatoms. The molecule has 1 aliphatic heterocycles. The van der Waals surface area contributed by atoms with E-state index < -0.39 is 0 Å². The van der Waals surface area contributed by atoms with Crippen LogP contribution in [-0.2, 0) is 0 Å². The fourth-order valence-corrected chi connectivity index (χ4v) is 1.97. The molecule has 1 fully saturated rings. The van der Waals surface area contributed by atoms with E-state index in [-0.39, 0.29) is 0 Å². The molecular weight excluding hydrogens is 174 g/mol. The molecule has 1 rings (SSSR count). The molecule has 0 amide bonds. The van der Waals surface area contributed by atoms with E-state index in [9.17, 15) is 0 Å². The molecule has 3 nitrogen and oxygen atoms in total. The Morgan fingerprint density at radius 1 is 1.36 bits per heavy atom. The third-order valence-electron chi connectivity index (χ3n) is 2.89.